The minimum atomic E-state index is -0.953. The van der Waals surface area contributed by atoms with E-state index in [1.807, 2.05) is 74.6 Å². The minimum Gasteiger partial charge on any atom is -0.459 e. The van der Waals surface area contributed by atoms with Crippen LogP contribution in [0.25, 0.3) is 10.9 Å². The third-order valence-electron chi connectivity index (χ3n) is 5.02. The second-order valence-corrected chi connectivity index (χ2v) is 9.08. The van der Waals surface area contributed by atoms with Gasteiger partial charge in [-0.05, 0) is 44.9 Å². The monoisotopic (exact) mass is 495 g/mol. The van der Waals surface area contributed by atoms with E-state index in [0.29, 0.717) is 0 Å². The van der Waals surface area contributed by atoms with E-state index >= 15 is 0 Å². The molecule has 194 valence electrons. The summed E-state index contributed by atoms with van der Waals surface area (Å²) in [4.78, 5) is 41.0. The second kappa shape index (κ2) is 13.3. The highest BCUT2D eigenvalue weighted by Crippen LogP contribution is 2.20. The number of amides is 2. The number of benzene rings is 2. The van der Waals surface area contributed by atoms with Crippen molar-refractivity contribution in [3.63, 3.8) is 0 Å². The largest absolute Gasteiger partial charge is 0.459 e. The number of aromatic amines is 1. The first-order valence-electron chi connectivity index (χ1n) is 12.2. The van der Waals surface area contributed by atoms with Crippen molar-refractivity contribution in [3.05, 3.63) is 71.9 Å². The van der Waals surface area contributed by atoms with Gasteiger partial charge in [0.2, 0.25) is 0 Å². The molecular weight excluding hydrogens is 458 g/mol. The quantitative estimate of drug-likeness (QED) is 0.386. The van der Waals surface area contributed by atoms with E-state index in [2.05, 4.69) is 15.6 Å². The predicted octanol–water partition coefficient (Wildman–Crippen LogP) is 4.88. The van der Waals surface area contributed by atoms with Crippen LogP contribution in [0.15, 0.2) is 60.8 Å². The van der Waals surface area contributed by atoms with E-state index in [1.54, 1.807) is 20.8 Å². The molecule has 8 nitrogen and oxygen atoms in total. The molecule has 0 spiro atoms. The topological polar surface area (TPSA) is 110 Å². The maximum absolute atomic E-state index is 12.9. The van der Waals surface area contributed by atoms with E-state index in [-0.39, 0.29) is 13.0 Å². The fourth-order valence-corrected chi connectivity index (χ4v) is 3.40. The summed E-state index contributed by atoms with van der Waals surface area (Å²) < 4.78 is 10.8. The molecule has 0 saturated carbocycles. The number of esters is 2. The fraction of sp³-hybridized carbons (Fsp3) is 0.393. The molecule has 36 heavy (non-hydrogen) atoms. The number of hydrogen-bond acceptors (Lipinski definition) is 5. The van der Waals surface area contributed by atoms with Gasteiger partial charge < -0.3 is 25.1 Å². The summed E-state index contributed by atoms with van der Waals surface area (Å²) in [5.41, 5.74) is 1.92. The number of carbonyl (C=O) groups excluding carboxylic acids is 3. The molecule has 0 saturated heterocycles. The molecule has 0 radical (unpaired) electrons. The summed E-state index contributed by atoms with van der Waals surface area (Å²) in [6.45, 7) is 10.9. The molecule has 1 heterocycles. The maximum atomic E-state index is 12.9. The first kappa shape index (κ1) is 28.4. The lowest BCUT2D eigenvalue weighted by molar-refractivity contribution is -0.157. The molecule has 3 N–H and O–H groups in total. The lowest BCUT2D eigenvalue weighted by Crippen LogP contribution is -2.52. The number of H-pyrrole nitrogens is 1. The number of fused-ring (bicyclic) bond motifs is 1. The van der Waals surface area contributed by atoms with E-state index in [9.17, 15) is 14.4 Å². The summed E-state index contributed by atoms with van der Waals surface area (Å²) >= 11 is 0. The molecule has 0 aliphatic heterocycles. The number of aromatic nitrogens is 1. The van der Waals surface area contributed by atoms with Crippen LogP contribution >= 0.6 is 0 Å². The highest BCUT2D eigenvalue weighted by atomic mass is 16.6. The predicted molar refractivity (Wildman–Crippen MR) is 140 cm³/mol. The van der Waals surface area contributed by atoms with Gasteiger partial charge >= 0.3 is 18.0 Å². The summed E-state index contributed by atoms with van der Waals surface area (Å²) in [6, 6.07) is 14.4. The first-order valence-corrected chi connectivity index (χ1v) is 12.2. The molecule has 1 aromatic heterocycles. The highest BCUT2D eigenvalue weighted by Gasteiger charge is 2.29. The molecule has 2 aromatic carbocycles. The van der Waals surface area contributed by atoms with Crippen LogP contribution in [0.3, 0.4) is 0 Å². The van der Waals surface area contributed by atoms with Crippen molar-refractivity contribution in [1.29, 1.82) is 0 Å². The number of para-hydroxylation sites is 1. The van der Waals surface area contributed by atoms with Crippen molar-refractivity contribution in [2.45, 2.75) is 72.3 Å². The van der Waals surface area contributed by atoms with Crippen molar-refractivity contribution in [3.8, 4) is 0 Å². The molecule has 1 unspecified atom stereocenters. The Hall–Kier alpha value is -3.81. The molecule has 3 rings (SSSR count). The van der Waals surface area contributed by atoms with Crippen LogP contribution < -0.4 is 10.6 Å². The lowest BCUT2D eigenvalue weighted by Gasteiger charge is -2.25. The van der Waals surface area contributed by atoms with Crippen LogP contribution in [-0.4, -0.2) is 40.6 Å². The standard InChI is InChI=1S/C26H31N3O5.C2H6/c1-17(23(30)33-16-18-10-6-5-7-11-18)28-25(32)29-22(24(31)34-26(2,3)4)14-19-15-27-21-13-9-8-12-20(19)21;1-2/h5-13,15,17,22,27H,14,16H2,1-4H3,(H2,28,29,32);1-2H3/t17-,22?;/m0./s1. The van der Waals surface area contributed by atoms with Crippen LogP contribution in [0.1, 0.15) is 52.7 Å². The molecule has 0 bridgehead atoms. The zero-order valence-electron chi connectivity index (χ0n) is 21.9. The van der Waals surface area contributed by atoms with Gasteiger partial charge in [0, 0.05) is 23.5 Å². The number of rotatable bonds is 8. The second-order valence-electron chi connectivity index (χ2n) is 9.08. The summed E-state index contributed by atoms with van der Waals surface area (Å²) in [5.74, 6) is -1.14. The van der Waals surface area contributed by atoms with Gasteiger partial charge in [-0.2, -0.15) is 0 Å². The van der Waals surface area contributed by atoms with Crippen molar-refractivity contribution in [1.82, 2.24) is 15.6 Å². The average molecular weight is 496 g/mol. The number of carbonyl (C=O) groups is 3. The molecule has 0 fully saturated rings. The molecule has 2 atom stereocenters. The highest BCUT2D eigenvalue weighted by molar-refractivity contribution is 5.88. The van der Waals surface area contributed by atoms with E-state index in [0.717, 1.165) is 22.0 Å². The Morgan fingerprint density at radius 2 is 1.56 bits per heavy atom. The Labute approximate surface area is 212 Å². The summed E-state index contributed by atoms with van der Waals surface area (Å²) in [5, 5.41) is 6.15. The first-order chi connectivity index (χ1) is 17.1. The van der Waals surface area contributed by atoms with Gasteiger partial charge in [0.05, 0.1) is 0 Å². The van der Waals surface area contributed by atoms with E-state index in [1.165, 1.54) is 6.92 Å². The van der Waals surface area contributed by atoms with Gasteiger partial charge in [0.25, 0.3) is 0 Å². The Balaban J connectivity index is 0.00000222. The maximum Gasteiger partial charge on any atom is 0.329 e. The molecule has 2 amide bonds. The average Bonchev–Trinajstić information content (AvgIpc) is 3.25. The van der Waals surface area contributed by atoms with Gasteiger partial charge in [0.15, 0.2) is 0 Å². The van der Waals surface area contributed by atoms with Crippen LogP contribution in [0.2, 0.25) is 0 Å². The molecule has 3 aromatic rings. The van der Waals surface area contributed by atoms with Gasteiger partial charge in [-0.25, -0.2) is 14.4 Å². The number of ether oxygens (including phenoxy) is 2. The number of nitrogens with one attached hydrogen (secondary N) is 3. The SMILES string of the molecule is CC.C[C@H](NC(=O)NC(Cc1c[nH]c2ccccc12)C(=O)OC(C)(C)C)C(=O)OCc1ccccc1. The normalized spacial score (nSPS) is 12.5. The fourth-order valence-electron chi connectivity index (χ4n) is 3.40. The third kappa shape index (κ3) is 8.76. The van der Waals surface area contributed by atoms with Crippen LogP contribution in [0.5, 0.6) is 0 Å². The van der Waals surface area contributed by atoms with Crippen LogP contribution in [0, 0.1) is 0 Å². The van der Waals surface area contributed by atoms with Crippen molar-refractivity contribution >= 4 is 28.9 Å². The van der Waals surface area contributed by atoms with Crippen LogP contribution in [0.4, 0.5) is 4.79 Å². The Morgan fingerprint density at radius 3 is 2.22 bits per heavy atom. The molecule has 0 aliphatic rings. The molecule has 0 aliphatic carbocycles. The van der Waals surface area contributed by atoms with E-state index in [4.69, 9.17) is 9.47 Å². The summed E-state index contributed by atoms with van der Waals surface area (Å²) in [6.07, 6.45) is 2.03. The van der Waals surface area contributed by atoms with Gasteiger partial charge in [-0.1, -0.05) is 62.4 Å². The zero-order valence-corrected chi connectivity index (χ0v) is 21.9. The summed E-state index contributed by atoms with van der Waals surface area (Å²) in [7, 11) is 0. The third-order valence-corrected chi connectivity index (χ3v) is 5.02. The Morgan fingerprint density at radius 1 is 0.917 bits per heavy atom. The van der Waals surface area contributed by atoms with Crippen molar-refractivity contribution < 1.29 is 23.9 Å². The van der Waals surface area contributed by atoms with Gasteiger partial charge in [-0.15, -0.1) is 0 Å². The zero-order chi connectivity index (χ0) is 26.7. The van der Waals surface area contributed by atoms with Crippen molar-refractivity contribution in [2.75, 3.05) is 0 Å². The van der Waals surface area contributed by atoms with E-state index < -0.39 is 35.7 Å². The van der Waals surface area contributed by atoms with Crippen molar-refractivity contribution in [2.24, 2.45) is 0 Å². The number of hydrogen-bond donors (Lipinski definition) is 3. The minimum absolute atomic E-state index is 0.106. The number of urea groups is 1. The Bertz CT molecular complexity index is 1130. The lowest BCUT2D eigenvalue weighted by atomic mass is 10.0. The molecule has 8 heteroatoms. The Kier molecular flexibility index (Phi) is 10.5. The van der Waals surface area contributed by atoms with Gasteiger partial charge in [0.1, 0.15) is 24.3 Å². The smallest absolute Gasteiger partial charge is 0.329 e. The van der Waals surface area contributed by atoms with Gasteiger partial charge in [-0.3, -0.25) is 0 Å². The molecular formula is C28H37N3O5. The van der Waals surface area contributed by atoms with Crippen LogP contribution in [-0.2, 0) is 32.1 Å².